The number of aryl methyl sites for hydroxylation is 1. The molecular weight excluding hydrogens is 258 g/mol. The van der Waals surface area contributed by atoms with Gasteiger partial charge in [0.05, 0.1) is 4.90 Å². The first kappa shape index (κ1) is 14.5. The Kier molecular flexibility index (Phi) is 4.63. The molecule has 19 heavy (non-hydrogen) atoms. The van der Waals surface area contributed by atoms with Crippen molar-refractivity contribution in [3.05, 3.63) is 29.8 Å². The summed E-state index contributed by atoms with van der Waals surface area (Å²) >= 11 is 0. The fraction of sp³-hybridized carbons (Fsp3) is 0.600. The Morgan fingerprint density at radius 2 is 1.89 bits per heavy atom. The molecule has 0 radical (unpaired) electrons. The van der Waals surface area contributed by atoms with Crippen LogP contribution in [0.4, 0.5) is 0 Å². The number of sulfonamides is 1. The summed E-state index contributed by atoms with van der Waals surface area (Å²) in [6, 6.07) is 7.26. The van der Waals surface area contributed by atoms with Gasteiger partial charge >= 0.3 is 0 Å². The van der Waals surface area contributed by atoms with Crippen molar-refractivity contribution in [2.24, 2.45) is 5.92 Å². The van der Waals surface area contributed by atoms with Crippen LogP contribution in [0.3, 0.4) is 0 Å². The van der Waals surface area contributed by atoms with Crippen molar-refractivity contribution >= 4 is 10.0 Å². The summed E-state index contributed by atoms with van der Waals surface area (Å²) in [5, 5.41) is 0. The maximum atomic E-state index is 12.5. The predicted octanol–water partition coefficient (Wildman–Crippen LogP) is 3.24. The Hall–Kier alpha value is -0.870. The van der Waals surface area contributed by atoms with E-state index < -0.39 is 10.0 Å². The fourth-order valence-electron chi connectivity index (χ4n) is 2.97. The Labute approximate surface area is 116 Å². The van der Waals surface area contributed by atoms with Gasteiger partial charge in [-0.3, -0.25) is 0 Å². The molecule has 1 aromatic carbocycles. The second kappa shape index (κ2) is 6.06. The normalized spacial score (nSPS) is 24.3. The second-order valence-electron chi connectivity index (χ2n) is 5.45. The van der Waals surface area contributed by atoms with Crippen molar-refractivity contribution in [2.45, 2.75) is 56.9 Å². The van der Waals surface area contributed by atoms with Gasteiger partial charge in [0.2, 0.25) is 10.0 Å². The van der Waals surface area contributed by atoms with Gasteiger partial charge in [-0.15, -0.1) is 0 Å². The summed E-state index contributed by atoms with van der Waals surface area (Å²) in [7, 11) is -3.38. The van der Waals surface area contributed by atoms with Crippen LogP contribution < -0.4 is 4.72 Å². The quantitative estimate of drug-likeness (QED) is 0.921. The smallest absolute Gasteiger partial charge is 0.208 e. The molecule has 0 saturated heterocycles. The van der Waals surface area contributed by atoms with E-state index in [1.54, 1.807) is 12.1 Å². The lowest BCUT2D eigenvalue weighted by Gasteiger charge is -2.31. The summed E-state index contributed by atoms with van der Waals surface area (Å²) < 4.78 is 27.9. The van der Waals surface area contributed by atoms with Crippen LogP contribution in [0.1, 0.15) is 44.6 Å². The zero-order valence-electron chi connectivity index (χ0n) is 11.7. The first-order valence-electron chi connectivity index (χ1n) is 7.12. The Morgan fingerprint density at radius 3 is 2.58 bits per heavy atom. The molecular formula is C15H23NO2S. The Balaban J connectivity index is 2.19. The molecule has 0 heterocycles. The van der Waals surface area contributed by atoms with E-state index in [2.05, 4.69) is 11.6 Å². The number of hydrogen-bond acceptors (Lipinski definition) is 2. The molecule has 4 heteroatoms. The number of hydrogen-bond donors (Lipinski definition) is 1. The number of rotatable bonds is 4. The maximum Gasteiger partial charge on any atom is 0.241 e. The molecule has 0 bridgehead atoms. The van der Waals surface area contributed by atoms with E-state index in [4.69, 9.17) is 0 Å². The molecule has 0 aliphatic heterocycles. The molecule has 2 unspecified atom stereocenters. The second-order valence-corrected chi connectivity index (χ2v) is 7.13. The van der Waals surface area contributed by atoms with E-state index >= 15 is 0 Å². The van der Waals surface area contributed by atoms with Crippen LogP contribution in [-0.4, -0.2) is 14.5 Å². The lowest BCUT2D eigenvalue weighted by Crippen LogP contribution is -2.42. The summed E-state index contributed by atoms with van der Waals surface area (Å²) in [6.07, 6.45) is 5.49. The van der Waals surface area contributed by atoms with Gasteiger partial charge in [0.15, 0.2) is 0 Å². The number of benzene rings is 1. The van der Waals surface area contributed by atoms with Gasteiger partial charge in [-0.05, 0) is 37.3 Å². The van der Waals surface area contributed by atoms with Gasteiger partial charge in [-0.25, -0.2) is 13.1 Å². The molecule has 0 amide bonds. The topological polar surface area (TPSA) is 46.2 Å². The summed E-state index contributed by atoms with van der Waals surface area (Å²) in [5.74, 6) is 0.479. The van der Waals surface area contributed by atoms with Crippen molar-refractivity contribution in [3.8, 4) is 0 Å². The largest absolute Gasteiger partial charge is 0.241 e. The third-order valence-electron chi connectivity index (χ3n) is 4.12. The molecule has 1 aliphatic carbocycles. The van der Waals surface area contributed by atoms with Gasteiger partial charge in [0.25, 0.3) is 0 Å². The molecule has 1 fully saturated rings. The fourth-order valence-corrected chi connectivity index (χ4v) is 4.56. The SMILES string of the molecule is CCC1CCCCC1NS(=O)(=O)c1ccccc1C. The van der Waals surface area contributed by atoms with E-state index in [0.717, 1.165) is 31.2 Å². The molecule has 2 atom stereocenters. The van der Waals surface area contributed by atoms with E-state index in [0.29, 0.717) is 10.8 Å². The highest BCUT2D eigenvalue weighted by Gasteiger charge is 2.28. The van der Waals surface area contributed by atoms with Crippen LogP contribution in [0, 0.1) is 12.8 Å². The van der Waals surface area contributed by atoms with Crippen LogP contribution in [0.5, 0.6) is 0 Å². The van der Waals surface area contributed by atoms with Crippen molar-refractivity contribution in [1.29, 1.82) is 0 Å². The average Bonchev–Trinajstić information content (AvgIpc) is 2.39. The summed E-state index contributed by atoms with van der Waals surface area (Å²) in [6.45, 7) is 3.98. The van der Waals surface area contributed by atoms with Crippen LogP contribution in [0.15, 0.2) is 29.2 Å². The van der Waals surface area contributed by atoms with Gasteiger partial charge in [-0.2, -0.15) is 0 Å². The molecule has 1 aliphatic rings. The minimum atomic E-state index is -3.38. The minimum absolute atomic E-state index is 0.100. The average molecular weight is 281 g/mol. The highest BCUT2D eigenvalue weighted by atomic mass is 32.2. The third kappa shape index (κ3) is 3.37. The van der Waals surface area contributed by atoms with E-state index in [1.807, 2.05) is 19.1 Å². The molecule has 1 aromatic rings. The molecule has 0 aromatic heterocycles. The van der Waals surface area contributed by atoms with Gasteiger partial charge < -0.3 is 0 Å². The van der Waals surface area contributed by atoms with E-state index in [-0.39, 0.29) is 6.04 Å². The molecule has 3 nitrogen and oxygen atoms in total. The molecule has 1 N–H and O–H groups in total. The van der Waals surface area contributed by atoms with Crippen molar-refractivity contribution in [2.75, 3.05) is 0 Å². The predicted molar refractivity (Wildman–Crippen MR) is 77.5 cm³/mol. The lowest BCUT2D eigenvalue weighted by molar-refractivity contribution is 0.282. The maximum absolute atomic E-state index is 12.5. The summed E-state index contributed by atoms with van der Waals surface area (Å²) in [4.78, 5) is 0.412. The van der Waals surface area contributed by atoms with E-state index in [9.17, 15) is 8.42 Å². The first-order valence-corrected chi connectivity index (χ1v) is 8.61. The van der Waals surface area contributed by atoms with Crippen LogP contribution in [0.25, 0.3) is 0 Å². The Morgan fingerprint density at radius 1 is 1.21 bits per heavy atom. The molecule has 1 saturated carbocycles. The first-order chi connectivity index (χ1) is 9.04. The Bertz CT molecular complexity index is 525. The van der Waals surface area contributed by atoms with Gasteiger partial charge in [0, 0.05) is 6.04 Å². The number of nitrogens with one attached hydrogen (secondary N) is 1. The molecule has 106 valence electrons. The minimum Gasteiger partial charge on any atom is -0.208 e. The molecule has 0 spiro atoms. The standard InChI is InChI=1S/C15H23NO2S/c1-3-13-9-5-6-10-14(13)16-19(17,18)15-11-7-4-8-12(15)2/h4,7-8,11,13-14,16H,3,5-6,9-10H2,1-2H3. The van der Waals surface area contributed by atoms with Crippen molar-refractivity contribution in [1.82, 2.24) is 4.72 Å². The zero-order valence-corrected chi connectivity index (χ0v) is 12.5. The monoisotopic (exact) mass is 281 g/mol. The van der Waals surface area contributed by atoms with Crippen molar-refractivity contribution < 1.29 is 8.42 Å². The van der Waals surface area contributed by atoms with Crippen LogP contribution in [-0.2, 0) is 10.0 Å². The van der Waals surface area contributed by atoms with Crippen LogP contribution >= 0.6 is 0 Å². The van der Waals surface area contributed by atoms with Crippen LogP contribution in [0.2, 0.25) is 0 Å². The molecule has 2 rings (SSSR count). The third-order valence-corrected chi connectivity index (χ3v) is 5.77. The van der Waals surface area contributed by atoms with E-state index in [1.165, 1.54) is 6.42 Å². The van der Waals surface area contributed by atoms with Gasteiger partial charge in [-0.1, -0.05) is 44.4 Å². The lowest BCUT2D eigenvalue weighted by atomic mass is 9.83. The highest BCUT2D eigenvalue weighted by molar-refractivity contribution is 7.89. The van der Waals surface area contributed by atoms with Gasteiger partial charge in [0.1, 0.15) is 0 Å². The van der Waals surface area contributed by atoms with Crippen molar-refractivity contribution in [3.63, 3.8) is 0 Å². The summed E-state index contributed by atoms with van der Waals surface area (Å²) in [5.41, 5.74) is 0.804. The zero-order chi connectivity index (χ0) is 13.9. The highest BCUT2D eigenvalue weighted by Crippen LogP contribution is 2.28.